The summed E-state index contributed by atoms with van der Waals surface area (Å²) in [6.45, 7) is 4.43. The number of nitrogens with zero attached hydrogens (tertiary/aromatic N) is 5. The molecule has 2 aromatic rings. The van der Waals surface area contributed by atoms with Crippen LogP contribution in [0.25, 0.3) is 0 Å². The molecule has 0 bridgehead atoms. The molecule has 0 radical (unpaired) electrons. The van der Waals surface area contributed by atoms with Crippen LogP contribution in [0.2, 0.25) is 0 Å². The van der Waals surface area contributed by atoms with E-state index < -0.39 is 0 Å². The molecule has 3 rings (SSSR count). The minimum absolute atomic E-state index is 0.00142. The van der Waals surface area contributed by atoms with Crippen LogP contribution in [-0.4, -0.2) is 58.4 Å². The van der Waals surface area contributed by atoms with Gasteiger partial charge in [-0.3, -0.25) is 9.67 Å². The fourth-order valence-electron chi connectivity index (χ4n) is 2.54. The van der Waals surface area contributed by atoms with Crippen molar-refractivity contribution in [2.24, 2.45) is 0 Å². The predicted molar refractivity (Wildman–Crippen MR) is 83.6 cm³/mol. The number of urea groups is 1. The average Bonchev–Trinajstić information content (AvgIpc) is 3.09. The van der Waals surface area contributed by atoms with E-state index in [4.69, 9.17) is 0 Å². The van der Waals surface area contributed by atoms with Gasteiger partial charge in [0.2, 0.25) is 0 Å². The van der Waals surface area contributed by atoms with E-state index in [9.17, 15) is 4.79 Å². The Hall–Kier alpha value is -2.57. The van der Waals surface area contributed by atoms with Crippen molar-refractivity contribution >= 4 is 11.7 Å². The Balaban J connectivity index is 1.42. The van der Waals surface area contributed by atoms with Gasteiger partial charge in [-0.25, -0.2) is 4.79 Å². The van der Waals surface area contributed by atoms with Crippen molar-refractivity contribution in [1.82, 2.24) is 25.0 Å². The summed E-state index contributed by atoms with van der Waals surface area (Å²) in [7, 11) is 0. The zero-order chi connectivity index (χ0) is 15.2. The highest BCUT2D eigenvalue weighted by Crippen LogP contribution is 2.14. The van der Waals surface area contributed by atoms with Crippen molar-refractivity contribution < 1.29 is 4.79 Å². The molecular formula is C15H20N6O. The smallest absolute Gasteiger partial charge is 0.317 e. The van der Waals surface area contributed by atoms with Crippen LogP contribution in [0.1, 0.15) is 0 Å². The molecule has 22 heavy (non-hydrogen) atoms. The largest absolute Gasteiger partial charge is 0.368 e. The number of pyridine rings is 1. The number of aromatic nitrogens is 3. The first-order chi connectivity index (χ1) is 10.8. The summed E-state index contributed by atoms with van der Waals surface area (Å²) in [6, 6.07) is 5.88. The predicted octanol–water partition coefficient (Wildman–Crippen LogP) is 0.810. The van der Waals surface area contributed by atoms with Crippen LogP contribution in [0.3, 0.4) is 0 Å². The molecule has 7 heteroatoms. The Bertz CT molecular complexity index is 577. The topological polar surface area (TPSA) is 66.3 Å². The van der Waals surface area contributed by atoms with E-state index in [-0.39, 0.29) is 6.03 Å². The van der Waals surface area contributed by atoms with Gasteiger partial charge in [-0.1, -0.05) is 0 Å². The highest BCUT2D eigenvalue weighted by Gasteiger charge is 2.20. The third kappa shape index (κ3) is 3.55. The first-order valence-electron chi connectivity index (χ1n) is 7.48. The van der Waals surface area contributed by atoms with Crippen LogP contribution < -0.4 is 10.2 Å². The maximum atomic E-state index is 12.1. The van der Waals surface area contributed by atoms with Gasteiger partial charge in [0.25, 0.3) is 0 Å². The van der Waals surface area contributed by atoms with Gasteiger partial charge in [-0.05, 0) is 18.2 Å². The first kappa shape index (κ1) is 14.4. The van der Waals surface area contributed by atoms with Gasteiger partial charge in [0, 0.05) is 63.2 Å². The summed E-state index contributed by atoms with van der Waals surface area (Å²) in [5.74, 6) is 0. The summed E-state index contributed by atoms with van der Waals surface area (Å²) in [5.41, 5.74) is 1.16. The summed E-state index contributed by atoms with van der Waals surface area (Å²) in [4.78, 5) is 20.3. The number of carbonyl (C=O) groups excluding carboxylic acids is 1. The zero-order valence-electron chi connectivity index (χ0n) is 12.4. The van der Waals surface area contributed by atoms with Crippen molar-refractivity contribution in [2.45, 2.75) is 6.54 Å². The molecule has 0 spiro atoms. The molecule has 1 aliphatic heterocycles. The molecule has 0 saturated carbocycles. The molecule has 116 valence electrons. The maximum absolute atomic E-state index is 12.1. The highest BCUT2D eigenvalue weighted by molar-refractivity contribution is 5.74. The van der Waals surface area contributed by atoms with Crippen LogP contribution in [0.5, 0.6) is 0 Å². The minimum atomic E-state index is 0.00142. The van der Waals surface area contributed by atoms with Gasteiger partial charge < -0.3 is 15.1 Å². The van der Waals surface area contributed by atoms with Crippen molar-refractivity contribution in [3.05, 3.63) is 43.0 Å². The second-order valence-electron chi connectivity index (χ2n) is 5.18. The number of piperazine rings is 1. The third-order valence-electron chi connectivity index (χ3n) is 3.77. The molecule has 1 saturated heterocycles. The average molecular weight is 300 g/mol. The Morgan fingerprint density at radius 2 is 1.91 bits per heavy atom. The number of carbonyl (C=O) groups is 1. The molecule has 7 nitrogen and oxygen atoms in total. The van der Waals surface area contributed by atoms with Crippen molar-refractivity contribution in [3.8, 4) is 0 Å². The number of anilines is 1. The van der Waals surface area contributed by atoms with Crippen LogP contribution in [-0.2, 0) is 6.54 Å². The normalized spacial score (nSPS) is 14.9. The molecule has 0 unspecified atom stereocenters. The third-order valence-corrected chi connectivity index (χ3v) is 3.77. The lowest BCUT2D eigenvalue weighted by atomic mass is 10.3. The number of amides is 2. The van der Waals surface area contributed by atoms with E-state index in [0.29, 0.717) is 13.1 Å². The minimum Gasteiger partial charge on any atom is -0.368 e. The molecule has 1 N–H and O–H groups in total. The summed E-state index contributed by atoms with van der Waals surface area (Å²) in [6.07, 6.45) is 7.22. The van der Waals surface area contributed by atoms with E-state index in [1.165, 1.54) is 0 Å². The molecule has 1 aliphatic rings. The Labute approximate surface area is 129 Å². The molecular weight excluding hydrogens is 280 g/mol. The van der Waals surface area contributed by atoms with Gasteiger partial charge in [0.1, 0.15) is 0 Å². The molecule has 3 heterocycles. The van der Waals surface area contributed by atoms with E-state index in [0.717, 1.165) is 31.9 Å². The van der Waals surface area contributed by atoms with Crippen molar-refractivity contribution in [3.63, 3.8) is 0 Å². The summed E-state index contributed by atoms with van der Waals surface area (Å²) in [5, 5.41) is 7.05. The van der Waals surface area contributed by atoms with Crippen molar-refractivity contribution in [1.29, 1.82) is 0 Å². The van der Waals surface area contributed by atoms with Crippen LogP contribution in [0.4, 0.5) is 10.5 Å². The van der Waals surface area contributed by atoms with Gasteiger partial charge in [0.05, 0.1) is 6.54 Å². The van der Waals surface area contributed by atoms with E-state index >= 15 is 0 Å². The van der Waals surface area contributed by atoms with Gasteiger partial charge in [-0.15, -0.1) is 0 Å². The quantitative estimate of drug-likeness (QED) is 0.907. The fraction of sp³-hybridized carbons (Fsp3) is 0.400. The highest BCUT2D eigenvalue weighted by atomic mass is 16.2. The van der Waals surface area contributed by atoms with Crippen LogP contribution >= 0.6 is 0 Å². The molecule has 2 aromatic heterocycles. The molecule has 0 aromatic carbocycles. The van der Waals surface area contributed by atoms with E-state index in [1.807, 2.05) is 34.0 Å². The van der Waals surface area contributed by atoms with Crippen molar-refractivity contribution in [2.75, 3.05) is 37.6 Å². The molecule has 2 amide bonds. The number of rotatable bonds is 4. The fourth-order valence-corrected chi connectivity index (χ4v) is 2.54. The SMILES string of the molecule is O=C(NCCn1cccn1)N1CCN(c2ccncc2)CC1. The Morgan fingerprint density at radius 3 is 2.59 bits per heavy atom. The second-order valence-corrected chi connectivity index (χ2v) is 5.18. The van der Waals surface area contributed by atoms with Crippen LogP contribution in [0.15, 0.2) is 43.0 Å². The number of hydrogen-bond acceptors (Lipinski definition) is 4. The first-order valence-corrected chi connectivity index (χ1v) is 7.48. The van der Waals surface area contributed by atoms with Gasteiger partial charge >= 0.3 is 6.03 Å². The molecule has 0 aliphatic carbocycles. The van der Waals surface area contributed by atoms with E-state index in [2.05, 4.69) is 20.3 Å². The van der Waals surface area contributed by atoms with Crippen LogP contribution in [0, 0.1) is 0 Å². The molecule has 0 atom stereocenters. The molecule has 1 fully saturated rings. The number of nitrogens with one attached hydrogen (secondary N) is 1. The zero-order valence-corrected chi connectivity index (χ0v) is 12.4. The second kappa shape index (κ2) is 6.93. The maximum Gasteiger partial charge on any atom is 0.317 e. The van der Waals surface area contributed by atoms with Gasteiger partial charge in [-0.2, -0.15) is 5.10 Å². The standard InChI is InChI=1S/C15H20N6O/c22-15(17-7-9-21-8-1-4-18-21)20-12-10-19(11-13-20)14-2-5-16-6-3-14/h1-6,8H,7,9-13H2,(H,17,22). The Kier molecular flexibility index (Phi) is 4.53. The number of hydrogen-bond donors (Lipinski definition) is 1. The summed E-state index contributed by atoms with van der Waals surface area (Å²) >= 11 is 0. The summed E-state index contributed by atoms with van der Waals surface area (Å²) < 4.78 is 1.81. The van der Waals surface area contributed by atoms with E-state index in [1.54, 1.807) is 18.6 Å². The lowest BCUT2D eigenvalue weighted by molar-refractivity contribution is 0.194. The Morgan fingerprint density at radius 1 is 1.14 bits per heavy atom. The lowest BCUT2D eigenvalue weighted by Gasteiger charge is -2.36. The lowest BCUT2D eigenvalue weighted by Crippen LogP contribution is -2.52. The monoisotopic (exact) mass is 300 g/mol. The van der Waals surface area contributed by atoms with Gasteiger partial charge in [0.15, 0.2) is 0 Å².